The highest BCUT2D eigenvalue weighted by Gasteiger charge is 2.47. The number of fused-ring (bicyclic) bond motifs is 3. The van der Waals surface area contributed by atoms with Crippen LogP contribution in [0.5, 0.6) is 0 Å². The number of H-pyrrole nitrogens is 1. The van der Waals surface area contributed by atoms with Crippen LogP contribution < -0.4 is 11.2 Å². The van der Waals surface area contributed by atoms with E-state index in [-0.39, 0.29) is 54.6 Å². The van der Waals surface area contributed by atoms with E-state index in [0.717, 1.165) is 32.1 Å². The summed E-state index contributed by atoms with van der Waals surface area (Å²) in [6.45, 7) is 8.10. The van der Waals surface area contributed by atoms with E-state index in [9.17, 15) is 22.8 Å². The molecule has 2 bridgehead atoms. The number of nitrogens with zero attached hydrogens (tertiary/aromatic N) is 5. The van der Waals surface area contributed by atoms with Gasteiger partial charge < -0.3 is 4.98 Å². The van der Waals surface area contributed by atoms with Crippen LogP contribution in [-0.2, 0) is 13.1 Å². The summed E-state index contributed by atoms with van der Waals surface area (Å²) in [4.78, 5) is 38.8. The zero-order chi connectivity index (χ0) is 28.2. The number of rotatable bonds is 12. The highest BCUT2D eigenvalue weighted by atomic mass is 19.4. The Balaban J connectivity index is 1.52. The molecule has 0 radical (unpaired) electrons. The van der Waals surface area contributed by atoms with E-state index in [1.165, 1.54) is 10.8 Å². The molecule has 0 aromatic carbocycles. The van der Waals surface area contributed by atoms with Gasteiger partial charge in [0.05, 0.1) is 6.54 Å². The lowest BCUT2D eigenvalue weighted by molar-refractivity contribution is -0.249. The van der Waals surface area contributed by atoms with Crippen LogP contribution in [0, 0.1) is 17.8 Å². The molecule has 2 unspecified atom stereocenters. The molecule has 2 atom stereocenters. The van der Waals surface area contributed by atoms with Gasteiger partial charge in [-0.1, -0.05) is 32.6 Å². The van der Waals surface area contributed by atoms with Crippen LogP contribution in [0.25, 0.3) is 11.2 Å². The maximum absolute atomic E-state index is 13.9. The van der Waals surface area contributed by atoms with E-state index in [1.807, 2.05) is 13.8 Å². The number of imidazole rings is 1. The zero-order valence-electron chi connectivity index (χ0n) is 22.8. The first-order valence-electron chi connectivity index (χ1n) is 14.0. The highest BCUT2D eigenvalue weighted by molar-refractivity contribution is 5.71. The van der Waals surface area contributed by atoms with Crippen molar-refractivity contribution in [2.75, 3.05) is 19.6 Å². The van der Waals surface area contributed by atoms with Gasteiger partial charge in [-0.25, -0.2) is 14.7 Å². The Morgan fingerprint density at radius 3 is 2.38 bits per heavy atom. The minimum Gasteiger partial charge on any atom is -0.336 e. The van der Waals surface area contributed by atoms with Crippen LogP contribution in [-0.4, -0.2) is 56.2 Å². The molecule has 0 aliphatic heterocycles. The number of hydrogen-bond donors (Lipinski definition) is 1. The van der Waals surface area contributed by atoms with Gasteiger partial charge in [-0.05, 0) is 62.4 Å². The van der Waals surface area contributed by atoms with Gasteiger partial charge in [-0.2, -0.15) is 13.2 Å². The molecule has 4 rings (SSSR count). The molecule has 2 aliphatic rings. The van der Waals surface area contributed by atoms with Crippen LogP contribution >= 0.6 is 0 Å². The summed E-state index contributed by atoms with van der Waals surface area (Å²) in [6, 6.07) is 0. The molecule has 2 saturated carbocycles. The molecule has 8 nitrogen and oxygen atoms in total. The number of halogens is 3. The van der Waals surface area contributed by atoms with Gasteiger partial charge in [0.1, 0.15) is 11.3 Å². The maximum Gasteiger partial charge on any atom is 0.459 e. The Morgan fingerprint density at radius 1 is 1.10 bits per heavy atom. The predicted octanol–water partition coefficient (Wildman–Crippen LogP) is 4.86. The quantitative estimate of drug-likeness (QED) is 0.233. The van der Waals surface area contributed by atoms with Crippen LogP contribution in [0.4, 0.5) is 13.2 Å². The van der Waals surface area contributed by atoms with Crippen molar-refractivity contribution in [3.05, 3.63) is 51.5 Å². The second-order valence-electron chi connectivity index (χ2n) is 10.7. The van der Waals surface area contributed by atoms with E-state index in [2.05, 4.69) is 16.6 Å². The highest BCUT2D eigenvalue weighted by Crippen LogP contribution is 2.52. The molecule has 2 heterocycles. The van der Waals surface area contributed by atoms with Crippen molar-refractivity contribution in [3.63, 3.8) is 0 Å². The van der Waals surface area contributed by atoms with Gasteiger partial charge in [-0.3, -0.25) is 18.9 Å². The van der Waals surface area contributed by atoms with Gasteiger partial charge in [0.2, 0.25) is 0 Å². The van der Waals surface area contributed by atoms with Crippen molar-refractivity contribution in [2.24, 2.45) is 22.7 Å². The van der Waals surface area contributed by atoms with Crippen LogP contribution in [0.2, 0.25) is 0 Å². The van der Waals surface area contributed by atoms with Crippen molar-refractivity contribution in [1.82, 2.24) is 24.0 Å². The molecular formula is C28H39F3N6O2. The number of aliphatic imine (C=N–C) groups is 1. The Labute approximate surface area is 226 Å². The minimum atomic E-state index is -4.41. The molecule has 0 saturated heterocycles. The van der Waals surface area contributed by atoms with Crippen molar-refractivity contribution < 1.29 is 13.2 Å². The summed E-state index contributed by atoms with van der Waals surface area (Å²) < 4.78 is 44.5. The molecule has 214 valence electrons. The monoisotopic (exact) mass is 548 g/mol. The van der Waals surface area contributed by atoms with Gasteiger partial charge >= 0.3 is 12.0 Å². The summed E-state index contributed by atoms with van der Waals surface area (Å²) in [7, 11) is 0. The fourth-order valence-corrected chi connectivity index (χ4v) is 6.42. The lowest BCUT2D eigenvalue weighted by Crippen LogP contribution is -2.45. The molecule has 11 heteroatoms. The number of aryl methyl sites for hydroxylation is 1. The maximum atomic E-state index is 13.9. The molecule has 2 aliphatic carbocycles. The summed E-state index contributed by atoms with van der Waals surface area (Å²) in [6.07, 6.45) is 6.60. The van der Waals surface area contributed by atoms with Crippen LogP contribution in [0.3, 0.4) is 0 Å². The van der Waals surface area contributed by atoms with Gasteiger partial charge in [-0.15, -0.1) is 0 Å². The number of aromatic nitrogens is 4. The van der Waals surface area contributed by atoms with Gasteiger partial charge in [0.25, 0.3) is 5.56 Å². The lowest BCUT2D eigenvalue weighted by Gasteiger charge is -2.38. The third-order valence-electron chi connectivity index (χ3n) is 8.18. The first-order chi connectivity index (χ1) is 18.7. The van der Waals surface area contributed by atoms with Crippen LogP contribution in [0.1, 0.15) is 64.1 Å². The Morgan fingerprint density at radius 2 is 1.77 bits per heavy atom. The Hall–Kier alpha value is -2.95. The second-order valence-corrected chi connectivity index (χ2v) is 10.7. The smallest absolute Gasteiger partial charge is 0.336 e. The molecule has 39 heavy (non-hydrogen) atoms. The molecule has 0 spiro atoms. The largest absolute Gasteiger partial charge is 0.459 e. The SMILES string of the molecule is C=C/C=C\C=N/CCN(CC1C2CCC1CC(c1nc3c([nH]1)c(=O)n(CCC)c(=O)n3CCC)C2)C(F)(F)F. The number of aromatic amines is 1. The third kappa shape index (κ3) is 6.28. The first kappa shape index (κ1) is 29.0. The Bertz CT molecular complexity index is 1310. The number of alkyl halides is 3. The fraction of sp³-hybridized carbons (Fsp3) is 0.643. The average molecular weight is 549 g/mol. The van der Waals surface area contributed by atoms with E-state index < -0.39 is 6.30 Å². The summed E-state index contributed by atoms with van der Waals surface area (Å²) in [5.41, 5.74) is 0.0255. The van der Waals surface area contributed by atoms with E-state index in [4.69, 9.17) is 4.98 Å². The fourth-order valence-electron chi connectivity index (χ4n) is 6.42. The molecule has 2 fully saturated rings. The number of hydrogen-bond acceptors (Lipinski definition) is 5. The topological polar surface area (TPSA) is 88.3 Å². The van der Waals surface area contributed by atoms with E-state index in [1.54, 1.807) is 22.8 Å². The molecule has 0 amide bonds. The van der Waals surface area contributed by atoms with Crippen LogP contribution in [0.15, 0.2) is 39.4 Å². The first-order valence-corrected chi connectivity index (χ1v) is 14.0. The van der Waals surface area contributed by atoms with Crippen molar-refractivity contribution >= 4 is 17.4 Å². The molecule has 2 aromatic rings. The summed E-state index contributed by atoms with van der Waals surface area (Å²) >= 11 is 0. The van der Waals surface area contributed by atoms with Gasteiger partial charge in [0.15, 0.2) is 5.65 Å². The molecular weight excluding hydrogens is 509 g/mol. The summed E-state index contributed by atoms with van der Waals surface area (Å²) in [5, 5.41) is 0. The third-order valence-corrected chi connectivity index (χ3v) is 8.18. The predicted molar refractivity (Wildman–Crippen MR) is 147 cm³/mol. The molecule has 2 aromatic heterocycles. The van der Waals surface area contributed by atoms with Crippen molar-refractivity contribution in [2.45, 2.75) is 77.7 Å². The normalized spacial score (nSPS) is 23.6. The lowest BCUT2D eigenvalue weighted by atomic mass is 9.72. The minimum absolute atomic E-state index is 0.0240. The number of nitrogens with one attached hydrogen (secondary N) is 1. The molecule has 1 N–H and O–H groups in total. The number of allylic oxidation sites excluding steroid dienone is 3. The van der Waals surface area contributed by atoms with Crippen molar-refractivity contribution in [1.29, 1.82) is 0 Å². The average Bonchev–Trinajstić information content (AvgIpc) is 3.43. The summed E-state index contributed by atoms with van der Waals surface area (Å²) in [5.74, 6) is 0.958. The van der Waals surface area contributed by atoms with Crippen molar-refractivity contribution in [3.8, 4) is 0 Å². The van der Waals surface area contributed by atoms with Gasteiger partial charge in [0, 0.05) is 38.3 Å². The standard InChI is InChI=1S/C28H39F3N6O2/c1-4-7-8-11-32-12-15-35(28(29,30)31)18-22-19-9-10-20(22)17-21(16-19)24-33-23-25(34-24)36(13-5-2)27(39)37(14-6-3)26(23)38/h4,7-8,11,19-22H,1,5-6,9-10,12-18H2,2-3H3,(H,33,34)/b8-7-,32-11-. The second kappa shape index (κ2) is 12.5. The van der Waals surface area contributed by atoms with E-state index >= 15 is 0 Å². The Kier molecular flexibility index (Phi) is 9.30. The van der Waals surface area contributed by atoms with E-state index in [0.29, 0.717) is 41.4 Å². The zero-order valence-corrected chi connectivity index (χ0v) is 22.8.